The molecule has 3 aromatic rings. The molecule has 7 nitrogen and oxygen atoms in total. The predicted octanol–water partition coefficient (Wildman–Crippen LogP) is 4.28. The lowest BCUT2D eigenvalue weighted by Crippen LogP contribution is -2.38. The number of aliphatic imine (C=N–C) groups is 1. The third kappa shape index (κ3) is 7.84. The smallest absolute Gasteiger partial charge is 0.191 e. The van der Waals surface area contributed by atoms with Crippen LogP contribution >= 0.6 is 35.6 Å². The number of rotatable bonds is 10. The van der Waals surface area contributed by atoms with Gasteiger partial charge in [0.25, 0.3) is 0 Å². The lowest BCUT2D eigenvalue weighted by atomic mass is 10.1. The number of nitrogens with one attached hydrogen (secondary N) is 2. The Bertz CT molecular complexity index is 906. The van der Waals surface area contributed by atoms with Crippen LogP contribution in [0, 0.1) is 6.92 Å². The lowest BCUT2D eigenvalue weighted by Gasteiger charge is -2.18. The zero-order chi connectivity index (χ0) is 21.2. The van der Waals surface area contributed by atoms with E-state index in [9.17, 15) is 0 Å². The Hall–Kier alpha value is -2.07. The Morgan fingerprint density at radius 1 is 1.13 bits per heavy atom. The van der Waals surface area contributed by atoms with Crippen molar-refractivity contribution in [3.05, 3.63) is 71.5 Å². The summed E-state index contributed by atoms with van der Waals surface area (Å²) in [5.41, 5.74) is 1.12. The van der Waals surface area contributed by atoms with Gasteiger partial charge in [-0.25, -0.2) is 4.98 Å². The Morgan fingerprint density at radius 3 is 2.58 bits per heavy atom. The quantitative estimate of drug-likeness (QED) is 0.170. The fourth-order valence-corrected chi connectivity index (χ4v) is 3.39. The van der Waals surface area contributed by atoms with Crippen LogP contribution in [0.2, 0.25) is 5.02 Å². The van der Waals surface area contributed by atoms with Crippen LogP contribution in [0.3, 0.4) is 0 Å². The number of unbranched alkanes of at least 4 members (excludes halogenated alkanes) is 1. The van der Waals surface area contributed by atoms with Crippen molar-refractivity contribution in [2.24, 2.45) is 4.99 Å². The number of nitrogens with zero attached hydrogens (tertiary/aromatic N) is 5. The van der Waals surface area contributed by atoms with Gasteiger partial charge in [-0.1, -0.05) is 23.7 Å². The van der Waals surface area contributed by atoms with E-state index in [1.807, 2.05) is 60.5 Å². The Morgan fingerprint density at radius 2 is 1.94 bits per heavy atom. The van der Waals surface area contributed by atoms with E-state index in [0.717, 1.165) is 54.8 Å². The molecule has 168 valence electrons. The van der Waals surface area contributed by atoms with Gasteiger partial charge in [-0.15, -0.1) is 24.0 Å². The van der Waals surface area contributed by atoms with Gasteiger partial charge < -0.3 is 15.2 Å². The van der Waals surface area contributed by atoms with Crippen LogP contribution in [0.4, 0.5) is 0 Å². The van der Waals surface area contributed by atoms with Crippen LogP contribution < -0.4 is 10.6 Å². The van der Waals surface area contributed by atoms with E-state index in [4.69, 9.17) is 16.6 Å². The van der Waals surface area contributed by atoms with E-state index in [1.165, 1.54) is 0 Å². The molecular formula is C22H31ClIN7. The van der Waals surface area contributed by atoms with E-state index in [0.29, 0.717) is 6.54 Å². The van der Waals surface area contributed by atoms with Crippen LogP contribution in [0.1, 0.15) is 37.2 Å². The summed E-state index contributed by atoms with van der Waals surface area (Å²) in [6.45, 7) is 7.35. The van der Waals surface area contributed by atoms with Crippen LogP contribution in [0.5, 0.6) is 0 Å². The van der Waals surface area contributed by atoms with E-state index < -0.39 is 0 Å². The number of halogens is 2. The van der Waals surface area contributed by atoms with Gasteiger partial charge in [-0.05, 0) is 50.5 Å². The topological polar surface area (TPSA) is 72.1 Å². The molecule has 3 rings (SSSR count). The second-order valence-electron chi connectivity index (χ2n) is 7.07. The molecule has 0 bridgehead atoms. The highest BCUT2D eigenvalue weighted by Crippen LogP contribution is 2.20. The second-order valence-corrected chi connectivity index (χ2v) is 7.51. The maximum Gasteiger partial charge on any atom is 0.191 e. The first-order valence-corrected chi connectivity index (χ1v) is 10.8. The summed E-state index contributed by atoms with van der Waals surface area (Å²) in [5, 5.41) is 11.9. The van der Waals surface area contributed by atoms with E-state index >= 15 is 0 Å². The molecule has 0 saturated heterocycles. The summed E-state index contributed by atoms with van der Waals surface area (Å²) >= 11 is 6.06. The number of aromatic nitrogens is 4. The molecule has 1 atom stereocenters. The predicted molar refractivity (Wildman–Crippen MR) is 137 cm³/mol. The van der Waals surface area contributed by atoms with Crippen LogP contribution in [0.25, 0.3) is 0 Å². The molecule has 0 aliphatic heterocycles. The molecule has 2 N–H and O–H groups in total. The molecule has 0 aliphatic rings. The minimum atomic E-state index is 0. The van der Waals surface area contributed by atoms with Crippen molar-refractivity contribution >= 4 is 41.5 Å². The highest BCUT2D eigenvalue weighted by atomic mass is 127. The first kappa shape index (κ1) is 25.2. The van der Waals surface area contributed by atoms with Gasteiger partial charge >= 0.3 is 0 Å². The molecule has 0 radical (unpaired) electrons. The van der Waals surface area contributed by atoms with Crippen molar-refractivity contribution in [2.45, 2.75) is 39.3 Å². The molecule has 0 aliphatic carbocycles. The van der Waals surface area contributed by atoms with Gasteiger partial charge in [-0.3, -0.25) is 9.67 Å². The van der Waals surface area contributed by atoms with Gasteiger partial charge in [0.2, 0.25) is 0 Å². The van der Waals surface area contributed by atoms with Crippen molar-refractivity contribution in [3.63, 3.8) is 0 Å². The van der Waals surface area contributed by atoms with Crippen molar-refractivity contribution in [3.8, 4) is 0 Å². The summed E-state index contributed by atoms with van der Waals surface area (Å²) in [5.74, 6) is 1.88. The summed E-state index contributed by atoms with van der Waals surface area (Å²) in [7, 11) is 0. The van der Waals surface area contributed by atoms with Crippen LogP contribution in [-0.2, 0) is 6.54 Å². The zero-order valence-corrected chi connectivity index (χ0v) is 21.1. The van der Waals surface area contributed by atoms with Crippen LogP contribution in [0.15, 0.2) is 60.1 Å². The van der Waals surface area contributed by atoms with Gasteiger partial charge in [0, 0.05) is 49.4 Å². The summed E-state index contributed by atoms with van der Waals surface area (Å²) in [6, 6.07) is 9.81. The molecule has 2 aromatic heterocycles. The molecule has 0 amide bonds. The Balaban J connectivity index is 0.00000341. The van der Waals surface area contributed by atoms with Gasteiger partial charge in [0.1, 0.15) is 5.82 Å². The second kappa shape index (κ2) is 13.4. The number of hydrogen-bond donors (Lipinski definition) is 2. The van der Waals surface area contributed by atoms with Crippen molar-refractivity contribution < 1.29 is 0 Å². The summed E-state index contributed by atoms with van der Waals surface area (Å²) < 4.78 is 4.11. The van der Waals surface area contributed by atoms with Crippen molar-refractivity contribution in [1.82, 2.24) is 30.0 Å². The number of guanidine groups is 1. The minimum absolute atomic E-state index is 0. The highest BCUT2D eigenvalue weighted by Gasteiger charge is 2.14. The minimum Gasteiger partial charge on any atom is -0.357 e. The maximum atomic E-state index is 6.06. The third-order valence-electron chi connectivity index (χ3n) is 4.91. The zero-order valence-electron chi connectivity index (χ0n) is 18.0. The van der Waals surface area contributed by atoms with Gasteiger partial charge in [0.05, 0.1) is 12.6 Å². The largest absolute Gasteiger partial charge is 0.357 e. The number of benzene rings is 1. The number of hydrogen-bond acceptors (Lipinski definition) is 3. The lowest BCUT2D eigenvalue weighted by molar-refractivity contribution is 0.530. The van der Waals surface area contributed by atoms with Crippen molar-refractivity contribution in [1.29, 1.82) is 0 Å². The highest BCUT2D eigenvalue weighted by molar-refractivity contribution is 14.0. The van der Waals surface area contributed by atoms with Gasteiger partial charge in [0.15, 0.2) is 5.96 Å². The first-order valence-electron chi connectivity index (χ1n) is 10.4. The fourth-order valence-electron chi connectivity index (χ4n) is 3.27. The molecule has 2 heterocycles. The summed E-state index contributed by atoms with van der Waals surface area (Å²) in [6.07, 6.45) is 9.78. The van der Waals surface area contributed by atoms with E-state index in [-0.39, 0.29) is 30.0 Å². The average molecular weight is 556 g/mol. The molecule has 1 unspecified atom stereocenters. The Labute approximate surface area is 206 Å². The SMILES string of the molecule is CCNC(=NCC(c1ccc(Cl)cc1)n1cccn1)NCCCCn1ccnc1C.I. The van der Waals surface area contributed by atoms with E-state index in [1.54, 1.807) is 6.20 Å². The Kier molecular flexibility index (Phi) is 10.9. The normalized spacial score (nSPS) is 12.3. The fraction of sp³-hybridized carbons (Fsp3) is 0.409. The van der Waals surface area contributed by atoms with Crippen LogP contribution in [-0.4, -0.2) is 44.9 Å². The molecule has 0 spiro atoms. The molecular weight excluding hydrogens is 525 g/mol. The number of imidazole rings is 1. The van der Waals surface area contributed by atoms with E-state index in [2.05, 4.69) is 32.2 Å². The van der Waals surface area contributed by atoms with Gasteiger partial charge in [-0.2, -0.15) is 5.10 Å². The van der Waals surface area contributed by atoms with Crippen molar-refractivity contribution in [2.75, 3.05) is 19.6 Å². The summed E-state index contributed by atoms with van der Waals surface area (Å²) in [4.78, 5) is 9.08. The maximum absolute atomic E-state index is 6.06. The number of aryl methyl sites for hydroxylation is 2. The molecule has 9 heteroatoms. The molecule has 0 fully saturated rings. The molecule has 1 aromatic carbocycles. The molecule has 31 heavy (non-hydrogen) atoms. The third-order valence-corrected chi connectivity index (χ3v) is 5.16. The standard InChI is InChI=1S/C22H30ClN7.HI/c1-3-24-22(26-11-4-5-14-29-16-13-25-18(29)2)27-17-21(30-15-6-12-28-30)19-7-9-20(23)10-8-19;/h6-10,12-13,15-16,21H,3-5,11,14,17H2,1-2H3,(H2,24,26,27);1H. The monoisotopic (exact) mass is 555 g/mol. The molecule has 0 saturated carbocycles. The average Bonchev–Trinajstić information content (AvgIpc) is 3.41. The first-order chi connectivity index (χ1) is 14.7.